The van der Waals surface area contributed by atoms with Gasteiger partial charge in [-0.1, -0.05) is 0 Å². The topological polar surface area (TPSA) is 86.0 Å². The van der Waals surface area contributed by atoms with Crippen LogP contribution in [0.25, 0.3) is 0 Å². The summed E-state index contributed by atoms with van der Waals surface area (Å²) < 4.78 is 15.9. The lowest BCUT2D eigenvalue weighted by Crippen LogP contribution is -2.36. The zero-order chi connectivity index (χ0) is 18.4. The van der Waals surface area contributed by atoms with Crippen LogP contribution >= 0.6 is 0 Å². The highest BCUT2D eigenvalue weighted by Crippen LogP contribution is 2.27. The van der Waals surface area contributed by atoms with E-state index >= 15 is 0 Å². The van der Waals surface area contributed by atoms with Gasteiger partial charge in [0.25, 0.3) is 5.91 Å². The standard InChI is InChI=1S/C19H23N3O4/c1-24-15-3-5-16(6-4-15)26-13-19(23)21-14-2-7-18(17(20)12-14)22-8-10-25-11-9-22/h2-7,12H,8-11,13,20H2,1H3,(H,21,23). The number of nitrogens with zero attached hydrogens (tertiary/aromatic N) is 1. The number of ether oxygens (including phenoxy) is 3. The molecule has 0 saturated carbocycles. The molecule has 138 valence electrons. The van der Waals surface area contributed by atoms with E-state index in [9.17, 15) is 4.79 Å². The van der Waals surface area contributed by atoms with Crippen molar-refractivity contribution in [1.29, 1.82) is 0 Å². The van der Waals surface area contributed by atoms with E-state index in [1.807, 2.05) is 12.1 Å². The third-order valence-electron chi connectivity index (χ3n) is 4.09. The minimum Gasteiger partial charge on any atom is -0.497 e. The van der Waals surface area contributed by atoms with E-state index in [0.717, 1.165) is 24.5 Å². The maximum atomic E-state index is 12.1. The van der Waals surface area contributed by atoms with Gasteiger partial charge in [-0.2, -0.15) is 0 Å². The van der Waals surface area contributed by atoms with Crippen LogP contribution in [0.1, 0.15) is 0 Å². The third-order valence-corrected chi connectivity index (χ3v) is 4.09. The van der Waals surface area contributed by atoms with Crippen molar-refractivity contribution in [3.63, 3.8) is 0 Å². The molecule has 3 N–H and O–H groups in total. The van der Waals surface area contributed by atoms with E-state index < -0.39 is 0 Å². The summed E-state index contributed by atoms with van der Waals surface area (Å²) in [6.07, 6.45) is 0. The molecule has 1 amide bonds. The highest BCUT2D eigenvalue weighted by atomic mass is 16.5. The number of carbonyl (C=O) groups excluding carboxylic acids is 1. The molecule has 1 fully saturated rings. The highest BCUT2D eigenvalue weighted by molar-refractivity contribution is 5.93. The number of anilines is 3. The van der Waals surface area contributed by atoms with Crippen molar-refractivity contribution in [2.45, 2.75) is 0 Å². The van der Waals surface area contributed by atoms with Gasteiger partial charge >= 0.3 is 0 Å². The van der Waals surface area contributed by atoms with Gasteiger partial charge in [0.05, 0.1) is 31.7 Å². The zero-order valence-corrected chi connectivity index (χ0v) is 14.7. The molecule has 0 spiro atoms. The lowest BCUT2D eigenvalue weighted by Gasteiger charge is -2.30. The van der Waals surface area contributed by atoms with Crippen molar-refractivity contribution in [2.75, 3.05) is 56.0 Å². The fourth-order valence-electron chi connectivity index (χ4n) is 2.74. The Morgan fingerprint density at radius 1 is 1.15 bits per heavy atom. The minimum absolute atomic E-state index is 0.0859. The molecule has 1 heterocycles. The number of morpholine rings is 1. The highest BCUT2D eigenvalue weighted by Gasteiger charge is 2.14. The monoisotopic (exact) mass is 357 g/mol. The summed E-state index contributed by atoms with van der Waals surface area (Å²) in [7, 11) is 1.60. The molecule has 1 aliphatic rings. The van der Waals surface area contributed by atoms with Crippen LogP contribution in [0.5, 0.6) is 11.5 Å². The van der Waals surface area contributed by atoms with Crippen LogP contribution in [0.4, 0.5) is 17.1 Å². The maximum absolute atomic E-state index is 12.1. The van der Waals surface area contributed by atoms with Crippen LogP contribution in [0, 0.1) is 0 Å². The van der Waals surface area contributed by atoms with Crippen molar-refractivity contribution >= 4 is 23.0 Å². The predicted molar refractivity (Wildman–Crippen MR) is 101 cm³/mol. The number of nitrogens with one attached hydrogen (secondary N) is 1. The Bertz CT molecular complexity index is 743. The second kappa shape index (κ2) is 8.44. The summed E-state index contributed by atoms with van der Waals surface area (Å²) in [5.41, 5.74) is 8.37. The van der Waals surface area contributed by atoms with Crippen LogP contribution in [-0.4, -0.2) is 45.9 Å². The van der Waals surface area contributed by atoms with Crippen molar-refractivity contribution in [3.05, 3.63) is 42.5 Å². The summed E-state index contributed by atoms with van der Waals surface area (Å²) >= 11 is 0. The summed E-state index contributed by atoms with van der Waals surface area (Å²) in [6, 6.07) is 12.6. The van der Waals surface area contributed by atoms with E-state index in [2.05, 4.69) is 10.2 Å². The lowest BCUT2D eigenvalue weighted by atomic mass is 10.2. The quantitative estimate of drug-likeness (QED) is 0.771. The molecule has 1 saturated heterocycles. The number of nitrogen functional groups attached to an aromatic ring is 1. The minimum atomic E-state index is -0.251. The van der Waals surface area contributed by atoms with Gasteiger partial charge in [-0.25, -0.2) is 0 Å². The molecule has 1 aliphatic heterocycles. The molecule has 0 bridgehead atoms. The number of nitrogens with two attached hydrogens (primary N) is 1. The van der Waals surface area contributed by atoms with Gasteiger partial charge in [-0.3, -0.25) is 4.79 Å². The molecule has 7 heteroatoms. The molecule has 0 aliphatic carbocycles. The molecule has 0 aromatic heterocycles. The first-order valence-corrected chi connectivity index (χ1v) is 8.44. The van der Waals surface area contributed by atoms with E-state index in [1.54, 1.807) is 37.4 Å². The Hall–Kier alpha value is -2.93. The second-order valence-electron chi connectivity index (χ2n) is 5.89. The molecule has 2 aromatic rings. The fourth-order valence-corrected chi connectivity index (χ4v) is 2.74. The van der Waals surface area contributed by atoms with E-state index in [-0.39, 0.29) is 12.5 Å². The van der Waals surface area contributed by atoms with Crippen molar-refractivity contribution in [3.8, 4) is 11.5 Å². The van der Waals surface area contributed by atoms with Crippen LogP contribution in [-0.2, 0) is 9.53 Å². The Kier molecular flexibility index (Phi) is 5.80. The van der Waals surface area contributed by atoms with Gasteiger partial charge in [0.1, 0.15) is 11.5 Å². The fraction of sp³-hybridized carbons (Fsp3) is 0.316. The van der Waals surface area contributed by atoms with Crippen molar-refractivity contribution in [2.24, 2.45) is 0 Å². The Morgan fingerprint density at radius 3 is 2.50 bits per heavy atom. The molecular weight excluding hydrogens is 334 g/mol. The van der Waals surface area contributed by atoms with Gasteiger partial charge in [-0.05, 0) is 42.5 Å². The van der Waals surface area contributed by atoms with E-state index in [1.165, 1.54) is 0 Å². The average molecular weight is 357 g/mol. The number of methoxy groups -OCH3 is 1. The molecule has 3 rings (SSSR count). The predicted octanol–water partition coefficient (Wildman–Crippen LogP) is 2.13. The molecular formula is C19H23N3O4. The molecule has 0 radical (unpaired) electrons. The van der Waals surface area contributed by atoms with Gasteiger partial charge in [0.2, 0.25) is 0 Å². The Morgan fingerprint density at radius 2 is 1.85 bits per heavy atom. The lowest BCUT2D eigenvalue weighted by molar-refractivity contribution is -0.118. The largest absolute Gasteiger partial charge is 0.497 e. The van der Waals surface area contributed by atoms with E-state index in [0.29, 0.717) is 30.3 Å². The summed E-state index contributed by atoms with van der Waals surface area (Å²) in [5, 5.41) is 2.79. The first-order chi connectivity index (χ1) is 12.7. The number of carbonyl (C=O) groups is 1. The summed E-state index contributed by atoms with van der Waals surface area (Å²) in [4.78, 5) is 14.3. The zero-order valence-electron chi connectivity index (χ0n) is 14.7. The Labute approximate surface area is 152 Å². The first-order valence-electron chi connectivity index (χ1n) is 8.44. The van der Waals surface area contributed by atoms with Crippen molar-refractivity contribution < 1.29 is 19.0 Å². The molecule has 7 nitrogen and oxygen atoms in total. The number of rotatable bonds is 6. The van der Waals surface area contributed by atoms with Crippen LogP contribution in [0.15, 0.2) is 42.5 Å². The number of benzene rings is 2. The summed E-state index contributed by atoms with van der Waals surface area (Å²) in [6.45, 7) is 2.93. The SMILES string of the molecule is COc1ccc(OCC(=O)Nc2ccc(N3CCOCC3)c(N)c2)cc1. The number of amides is 1. The molecule has 0 atom stereocenters. The van der Waals surface area contributed by atoms with Crippen LogP contribution in [0.3, 0.4) is 0 Å². The van der Waals surface area contributed by atoms with Gasteiger partial charge < -0.3 is 30.2 Å². The average Bonchev–Trinajstić information content (AvgIpc) is 2.67. The first kappa shape index (κ1) is 17.9. The van der Waals surface area contributed by atoms with Gasteiger partial charge in [-0.15, -0.1) is 0 Å². The van der Waals surface area contributed by atoms with E-state index in [4.69, 9.17) is 19.9 Å². The third kappa shape index (κ3) is 4.58. The van der Waals surface area contributed by atoms with Crippen LogP contribution in [0.2, 0.25) is 0 Å². The molecule has 2 aromatic carbocycles. The Balaban J connectivity index is 1.54. The van der Waals surface area contributed by atoms with Crippen LogP contribution < -0.4 is 25.4 Å². The normalized spacial score (nSPS) is 14.0. The van der Waals surface area contributed by atoms with Gasteiger partial charge in [0.15, 0.2) is 6.61 Å². The van der Waals surface area contributed by atoms with Gasteiger partial charge in [0, 0.05) is 18.8 Å². The maximum Gasteiger partial charge on any atom is 0.262 e. The second-order valence-corrected chi connectivity index (χ2v) is 5.89. The van der Waals surface area contributed by atoms with Crippen molar-refractivity contribution in [1.82, 2.24) is 0 Å². The number of hydrogen-bond donors (Lipinski definition) is 2. The summed E-state index contributed by atoms with van der Waals surface area (Å²) in [5.74, 6) is 1.08. The smallest absolute Gasteiger partial charge is 0.262 e. The number of hydrogen-bond acceptors (Lipinski definition) is 6. The molecule has 0 unspecified atom stereocenters. The molecule has 26 heavy (non-hydrogen) atoms.